The van der Waals surface area contributed by atoms with Crippen LogP contribution in [0.1, 0.15) is 36.3 Å². The minimum Gasteiger partial charge on any atom is -0.335 e. The second kappa shape index (κ2) is 6.91. The monoisotopic (exact) mass is 291 g/mol. The van der Waals surface area contributed by atoms with E-state index in [0.29, 0.717) is 0 Å². The number of imidazole rings is 1. The van der Waals surface area contributed by atoms with Gasteiger partial charge in [0.1, 0.15) is 5.82 Å². The Morgan fingerprint density at radius 3 is 2.85 bits per heavy atom. The average molecular weight is 292 g/mol. The third-order valence-corrected chi connectivity index (χ3v) is 4.01. The van der Waals surface area contributed by atoms with E-state index < -0.39 is 0 Å². The Kier molecular flexibility index (Phi) is 5.21. The topological polar surface area (TPSA) is 29.9 Å². The van der Waals surface area contributed by atoms with Crippen LogP contribution in [0.3, 0.4) is 0 Å². The molecule has 20 heavy (non-hydrogen) atoms. The Labute approximate surface area is 126 Å². The fourth-order valence-electron chi connectivity index (χ4n) is 2.37. The molecule has 0 fully saturated rings. The SMILES string of the molecule is CCCn1ccnc1CC(NC)c1ccc(C)c(Cl)c1. The van der Waals surface area contributed by atoms with Crippen LogP contribution < -0.4 is 5.32 Å². The Hall–Kier alpha value is -1.32. The Bertz CT molecular complexity index is 563. The molecule has 2 rings (SSSR count). The summed E-state index contributed by atoms with van der Waals surface area (Å²) in [4.78, 5) is 4.48. The zero-order valence-corrected chi connectivity index (χ0v) is 13.1. The van der Waals surface area contributed by atoms with Crippen LogP contribution in [0.4, 0.5) is 0 Å². The molecule has 1 N–H and O–H groups in total. The molecule has 1 aromatic heterocycles. The van der Waals surface area contributed by atoms with Crippen LogP contribution in [0.25, 0.3) is 0 Å². The first-order chi connectivity index (χ1) is 9.65. The maximum atomic E-state index is 6.23. The summed E-state index contributed by atoms with van der Waals surface area (Å²) in [6.07, 6.45) is 5.90. The van der Waals surface area contributed by atoms with Crippen molar-refractivity contribution in [2.45, 2.75) is 39.3 Å². The van der Waals surface area contributed by atoms with Gasteiger partial charge in [0.2, 0.25) is 0 Å². The molecule has 0 bridgehead atoms. The number of likely N-dealkylation sites (N-methyl/N-ethyl adjacent to an activating group) is 1. The van der Waals surface area contributed by atoms with Gasteiger partial charge in [-0.05, 0) is 37.6 Å². The molecule has 1 unspecified atom stereocenters. The van der Waals surface area contributed by atoms with E-state index in [1.54, 1.807) is 0 Å². The average Bonchev–Trinajstić information content (AvgIpc) is 2.87. The van der Waals surface area contributed by atoms with Gasteiger partial charge in [-0.1, -0.05) is 30.7 Å². The molecule has 0 aliphatic rings. The number of aryl methyl sites for hydroxylation is 2. The fourth-order valence-corrected chi connectivity index (χ4v) is 2.56. The van der Waals surface area contributed by atoms with E-state index >= 15 is 0 Å². The number of rotatable bonds is 6. The fraction of sp³-hybridized carbons (Fsp3) is 0.438. The smallest absolute Gasteiger partial charge is 0.110 e. The highest BCUT2D eigenvalue weighted by atomic mass is 35.5. The molecule has 2 aromatic rings. The maximum Gasteiger partial charge on any atom is 0.110 e. The van der Waals surface area contributed by atoms with Crippen molar-refractivity contribution in [3.8, 4) is 0 Å². The summed E-state index contributed by atoms with van der Waals surface area (Å²) in [5.41, 5.74) is 2.31. The number of hydrogen-bond donors (Lipinski definition) is 1. The van der Waals surface area contributed by atoms with E-state index in [0.717, 1.165) is 35.8 Å². The molecule has 1 aromatic carbocycles. The van der Waals surface area contributed by atoms with Crippen LogP contribution in [-0.4, -0.2) is 16.6 Å². The van der Waals surface area contributed by atoms with E-state index in [4.69, 9.17) is 11.6 Å². The first kappa shape index (κ1) is 15.1. The van der Waals surface area contributed by atoms with Gasteiger partial charge < -0.3 is 9.88 Å². The van der Waals surface area contributed by atoms with Crippen molar-refractivity contribution in [2.75, 3.05) is 7.05 Å². The molecule has 108 valence electrons. The minimum atomic E-state index is 0.228. The van der Waals surface area contributed by atoms with Crippen LogP contribution in [-0.2, 0) is 13.0 Å². The van der Waals surface area contributed by atoms with Gasteiger partial charge in [0.25, 0.3) is 0 Å². The second-order valence-corrected chi connectivity index (χ2v) is 5.50. The third kappa shape index (κ3) is 3.41. The summed E-state index contributed by atoms with van der Waals surface area (Å²) in [6.45, 7) is 5.22. The Morgan fingerprint density at radius 1 is 1.40 bits per heavy atom. The molecule has 0 radical (unpaired) electrons. The molecule has 0 aliphatic carbocycles. The molecule has 1 heterocycles. The standard InChI is InChI=1S/C16H22ClN3/c1-4-8-20-9-7-19-16(20)11-15(18-3)13-6-5-12(2)14(17)10-13/h5-7,9-10,15,18H,4,8,11H2,1-3H3. The van der Waals surface area contributed by atoms with Crippen LogP contribution in [0.2, 0.25) is 5.02 Å². The van der Waals surface area contributed by atoms with E-state index in [2.05, 4.69) is 33.9 Å². The van der Waals surface area contributed by atoms with Crippen LogP contribution in [0.5, 0.6) is 0 Å². The summed E-state index contributed by atoms with van der Waals surface area (Å²) in [7, 11) is 1.98. The van der Waals surface area contributed by atoms with Gasteiger partial charge in [-0.15, -0.1) is 0 Å². The lowest BCUT2D eigenvalue weighted by molar-refractivity contribution is 0.543. The van der Waals surface area contributed by atoms with Gasteiger partial charge in [0.05, 0.1) is 0 Å². The highest BCUT2D eigenvalue weighted by Gasteiger charge is 2.14. The van der Waals surface area contributed by atoms with E-state index in [1.807, 2.05) is 32.4 Å². The van der Waals surface area contributed by atoms with Gasteiger partial charge in [-0.3, -0.25) is 0 Å². The highest BCUT2D eigenvalue weighted by molar-refractivity contribution is 6.31. The number of aromatic nitrogens is 2. The lowest BCUT2D eigenvalue weighted by atomic mass is 10.0. The first-order valence-corrected chi connectivity index (χ1v) is 7.46. The third-order valence-electron chi connectivity index (χ3n) is 3.60. The van der Waals surface area contributed by atoms with Crippen molar-refractivity contribution in [1.82, 2.24) is 14.9 Å². The van der Waals surface area contributed by atoms with Crippen molar-refractivity contribution in [3.63, 3.8) is 0 Å². The molecule has 0 saturated heterocycles. The molecule has 1 atom stereocenters. The van der Waals surface area contributed by atoms with Crippen molar-refractivity contribution in [3.05, 3.63) is 52.6 Å². The number of hydrogen-bond acceptors (Lipinski definition) is 2. The van der Waals surface area contributed by atoms with Crippen molar-refractivity contribution in [1.29, 1.82) is 0 Å². The number of nitrogens with one attached hydrogen (secondary N) is 1. The highest BCUT2D eigenvalue weighted by Crippen LogP contribution is 2.23. The molecular formula is C16H22ClN3. The summed E-state index contributed by atoms with van der Waals surface area (Å²) in [5.74, 6) is 1.11. The normalized spacial score (nSPS) is 12.6. The number of nitrogens with zero attached hydrogens (tertiary/aromatic N) is 2. The van der Waals surface area contributed by atoms with Crippen molar-refractivity contribution < 1.29 is 0 Å². The molecule has 3 nitrogen and oxygen atoms in total. The molecule has 0 saturated carbocycles. The first-order valence-electron chi connectivity index (χ1n) is 7.09. The Balaban J connectivity index is 2.19. The zero-order chi connectivity index (χ0) is 14.5. The molecule has 0 aliphatic heterocycles. The summed E-state index contributed by atoms with van der Waals surface area (Å²) < 4.78 is 2.22. The minimum absolute atomic E-state index is 0.228. The molecular weight excluding hydrogens is 270 g/mol. The second-order valence-electron chi connectivity index (χ2n) is 5.09. The van der Waals surface area contributed by atoms with E-state index in [-0.39, 0.29) is 6.04 Å². The quantitative estimate of drug-likeness (QED) is 0.878. The van der Waals surface area contributed by atoms with Crippen molar-refractivity contribution >= 4 is 11.6 Å². The molecule has 4 heteroatoms. The van der Waals surface area contributed by atoms with Gasteiger partial charge in [0, 0.05) is 36.4 Å². The lowest BCUT2D eigenvalue weighted by Gasteiger charge is -2.18. The number of halogens is 1. The van der Waals surface area contributed by atoms with Gasteiger partial charge in [0.15, 0.2) is 0 Å². The predicted molar refractivity (Wildman–Crippen MR) is 84.2 cm³/mol. The summed E-state index contributed by atoms with van der Waals surface area (Å²) >= 11 is 6.23. The van der Waals surface area contributed by atoms with Crippen LogP contribution in [0, 0.1) is 6.92 Å². The van der Waals surface area contributed by atoms with Crippen LogP contribution in [0.15, 0.2) is 30.6 Å². The summed E-state index contributed by atoms with van der Waals surface area (Å²) in [6, 6.07) is 6.48. The van der Waals surface area contributed by atoms with Crippen LogP contribution >= 0.6 is 11.6 Å². The summed E-state index contributed by atoms with van der Waals surface area (Å²) in [5, 5.41) is 4.18. The zero-order valence-electron chi connectivity index (χ0n) is 12.4. The number of benzene rings is 1. The van der Waals surface area contributed by atoms with Crippen molar-refractivity contribution in [2.24, 2.45) is 0 Å². The lowest BCUT2D eigenvalue weighted by Crippen LogP contribution is -2.21. The Morgan fingerprint density at radius 2 is 2.20 bits per heavy atom. The maximum absolute atomic E-state index is 6.23. The van der Waals surface area contributed by atoms with E-state index in [9.17, 15) is 0 Å². The largest absolute Gasteiger partial charge is 0.335 e. The van der Waals surface area contributed by atoms with Gasteiger partial charge in [-0.2, -0.15) is 0 Å². The molecule has 0 spiro atoms. The van der Waals surface area contributed by atoms with Gasteiger partial charge >= 0.3 is 0 Å². The van der Waals surface area contributed by atoms with Gasteiger partial charge in [-0.25, -0.2) is 4.98 Å². The molecule has 0 amide bonds. The predicted octanol–water partition coefficient (Wildman–Crippen LogP) is 3.76. The van der Waals surface area contributed by atoms with E-state index in [1.165, 1.54) is 5.56 Å².